The molecule has 0 amide bonds. The Bertz CT molecular complexity index is 467. The zero-order valence-corrected chi connectivity index (χ0v) is 11.3. The van der Waals surface area contributed by atoms with E-state index in [9.17, 15) is 14.7 Å². The van der Waals surface area contributed by atoms with E-state index >= 15 is 0 Å². The Morgan fingerprint density at radius 3 is 2.47 bits per heavy atom. The number of ketones is 2. The van der Waals surface area contributed by atoms with Gasteiger partial charge in [-0.25, -0.2) is 0 Å². The van der Waals surface area contributed by atoms with Crippen LogP contribution in [-0.2, 0) is 9.59 Å². The zero-order chi connectivity index (χ0) is 14.4. The van der Waals surface area contributed by atoms with Gasteiger partial charge in [-0.2, -0.15) is 0 Å². The molecule has 104 valence electrons. The number of hydrogen-bond acceptors (Lipinski definition) is 5. The van der Waals surface area contributed by atoms with Crippen molar-refractivity contribution in [3.05, 3.63) is 23.8 Å². The molecule has 0 heterocycles. The first-order valence-corrected chi connectivity index (χ1v) is 5.89. The lowest BCUT2D eigenvalue weighted by molar-refractivity contribution is -0.127. The number of ether oxygens (including phenoxy) is 2. The molecule has 0 fully saturated rings. The summed E-state index contributed by atoms with van der Waals surface area (Å²) in [6, 6.07) is 4.98. The Kier molecular flexibility index (Phi) is 5.51. The number of methoxy groups -OCH3 is 2. The predicted octanol–water partition coefficient (Wildman–Crippen LogP) is 1.68. The number of benzene rings is 1. The first-order valence-electron chi connectivity index (χ1n) is 5.89. The molecule has 1 unspecified atom stereocenters. The fourth-order valence-corrected chi connectivity index (χ4v) is 1.78. The van der Waals surface area contributed by atoms with Gasteiger partial charge in [0.25, 0.3) is 0 Å². The molecule has 0 bridgehead atoms. The van der Waals surface area contributed by atoms with Crippen molar-refractivity contribution in [2.45, 2.75) is 25.9 Å². The molecular formula is C14H18O5. The second-order valence-electron chi connectivity index (χ2n) is 4.25. The molecule has 5 nitrogen and oxygen atoms in total. The van der Waals surface area contributed by atoms with E-state index in [-0.39, 0.29) is 24.4 Å². The average Bonchev–Trinajstić information content (AvgIpc) is 2.36. The summed E-state index contributed by atoms with van der Waals surface area (Å²) in [4.78, 5) is 22.4. The maximum Gasteiger partial charge on any atom is 0.143 e. The van der Waals surface area contributed by atoms with Gasteiger partial charge in [0.2, 0.25) is 0 Å². The van der Waals surface area contributed by atoms with Gasteiger partial charge in [-0.3, -0.25) is 9.59 Å². The van der Waals surface area contributed by atoms with Crippen LogP contribution in [0.2, 0.25) is 0 Å². The molecule has 1 rings (SSSR count). The maximum atomic E-state index is 11.5. The van der Waals surface area contributed by atoms with Crippen LogP contribution in [0.25, 0.3) is 0 Å². The second kappa shape index (κ2) is 6.89. The Morgan fingerprint density at radius 1 is 1.26 bits per heavy atom. The summed E-state index contributed by atoms with van der Waals surface area (Å²) < 4.78 is 10.2. The molecule has 0 spiro atoms. The minimum absolute atomic E-state index is 0.122. The van der Waals surface area contributed by atoms with Crippen LogP contribution >= 0.6 is 0 Å². The molecule has 1 N–H and O–H groups in total. The molecule has 0 aromatic heterocycles. The number of rotatable bonds is 7. The van der Waals surface area contributed by atoms with Crippen molar-refractivity contribution < 1.29 is 24.2 Å². The fourth-order valence-electron chi connectivity index (χ4n) is 1.78. The number of Topliss-reactive ketones (excluding diaryl/α,β-unsaturated/α-hetero) is 2. The van der Waals surface area contributed by atoms with Crippen LogP contribution in [0.3, 0.4) is 0 Å². The standard InChI is InChI=1S/C14H18O5/c1-9(15)6-10(16)7-13(17)12-8-11(18-2)4-5-14(12)19-3/h4-5,8,13,17H,6-7H2,1-3H3. The third kappa shape index (κ3) is 4.37. The van der Waals surface area contributed by atoms with Gasteiger partial charge in [0, 0.05) is 12.0 Å². The highest BCUT2D eigenvalue weighted by atomic mass is 16.5. The molecule has 0 aliphatic heterocycles. The number of carbonyl (C=O) groups is 2. The van der Waals surface area contributed by atoms with Crippen molar-refractivity contribution in [1.82, 2.24) is 0 Å². The molecule has 0 saturated carbocycles. The van der Waals surface area contributed by atoms with Crippen molar-refractivity contribution in [1.29, 1.82) is 0 Å². The molecule has 1 atom stereocenters. The lowest BCUT2D eigenvalue weighted by Gasteiger charge is -2.15. The topological polar surface area (TPSA) is 72.8 Å². The summed E-state index contributed by atoms with van der Waals surface area (Å²) in [5, 5.41) is 10.1. The van der Waals surface area contributed by atoms with Crippen molar-refractivity contribution in [2.24, 2.45) is 0 Å². The maximum absolute atomic E-state index is 11.5. The van der Waals surface area contributed by atoms with Crippen LogP contribution in [0.5, 0.6) is 11.5 Å². The van der Waals surface area contributed by atoms with Crippen LogP contribution < -0.4 is 9.47 Å². The molecule has 1 aromatic carbocycles. The van der Waals surface area contributed by atoms with Crippen LogP contribution in [0.4, 0.5) is 0 Å². The van der Waals surface area contributed by atoms with Crippen molar-refractivity contribution in [3.63, 3.8) is 0 Å². The van der Waals surface area contributed by atoms with Crippen LogP contribution in [0, 0.1) is 0 Å². The van der Waals surface area contributed by atoms with Crippen LogP contribution in [-0.4, -0.2) is 30.9 Å². The number of aliphatic hydroxyl groups is 1. The largest absolute Gasteiger partial charge is 0.497 e. The van der Waals surface area contributed by atoms with Crippen LogP contribution in [0.15, 0.2) is 18.2 Å². The Labute approximate surface area is 112 Å². The molecule has 5 heteroatoms. The van der Waals surface area contributed by atoms with Gasteiger partial charge in [0.15, 0.2) is 0 Å². The molecule has 0 aliphatic rings. The molecule has 19 heavy (non-hydrogen) atoms. The second-order valence-corrected chi connectivity index (χ2v) is 4.25. The van der Waals surface area contributed by atoms with E-state index in [1.807, 2.05) is 0 Å². The molecular weight excluding hydrogens is 248 g/mol. The quantitative estimate of drug-likeness (QED) is 0.760. The van der Waals surface area contributed by atoms with Gasteiger partial charge in [-0.1, -0.05) is 0 Å². The SMILES string of the molecule is COc1ccc(OC)c(C(O)CC(=O)CC(C)=O)c1. The van der Waals surface area contributed by atoms with Gasteiger partial charge < -0.3 is 14.6 Å². The summed E-state index contributed by atoms with van der Waals surface area (Å²) in [5.74, 6) is 0.525. The Balaban J connectivity index is 2.88. The third-order valence-electron chi connectivity index (χ3n) is 2.66. The lowest BCUT2D eigenvalue weighted by Crippen LogP contribution is -2.10. The van der Waals surface area contributed by atoms with E-state index < -0.39 is 6.10 Å². The highest BCUT2D eigenvalue weighted by Gasteiger charge is 2.18. The lowest BCUT2D eigenvalue weighted by atomic mass is 10.0. The minimum Gasteiger partial charge on any atom is -0.497 e. The molecule has 0 radical (unpaired) electrons. The highest BCUT2D eigenvalue weighted by molar-refractivity contribution is 5.98. The highest BCUT2D eigenvalue weighted by Crippen LogP contribution is 2.31. The van der Waals surface area contributed by atoms with E-state index in [0.717, 1.165) is 0 Å². The molecule has 1 aromatic rings. The number of hydrogen-bond donors (Lipinski definition) is 1. The van der Waals surface area contributed by atoms with E-state index in [2.05, 4.69) is 0 Å². The fraction of sp³-hybridized carbons (Fsp3) is 0.429. The first-order chi connectivity index (χ1) is 8.97. The summed E-state index contributed by atoms with van der Waals surface area (Å²) in [7, 11) is 2.99. The summed E-state index contributed by atoms with van der Waals surface area (Å²) in [6.45, 7) is 1.34. The van der Waals surface area contributed by atoms with Gasteiger partial charge in [0.05, 0.1) is 26.7 Å². The van der Waals surface area contributed by atoms with Gasteiger partial charge in [-0.05, 0) is 25.1 Å². The van der Waals surface area contributed by atoms with Crippen molar-refractivity contribution in [2.75, 3.05) is 14.2 Å². The minimum atomic E-state index is -1.02. The Hall–Kier alpha value is -1.88. The number of aliphatic hydroxyl groups excluding tert-OH is 1. The van der Waals surface area contributed by atoms with E-state index in [1.165, 1.54) is 21.1 Å². The Morgan fingerprint density at radius 2 is 1.95 bits per heavy atom. The van der Waals surface area contributed by atoms with Gasteiger partial charge in [0.1, 0.15) is 23.1 Å². The first kappa shape index (κ1) is 15.2. The van der Waals surface area contributed by atoms with Crippen LogP contribution in [0.1, 0.15) is 31.4 Å². The monoisotopic (exact) mass is 266 g/mol. The molecule has 0 saturated heterocycles. The summed E-state index contributed by atoms with van der Waals surface area (Å²) in [6.07, 6.45) is -1.30. The van der Waals surface area contributed by atoms with Crippen molar-refractivity contribution in [3.8, 4) is 11.5 Å². The normalized spacial score (nSPS) is 11.8. The van der Waals surface area contributed by atoms with Gasteiger partial charge in [-0.15, -0.1) is 0 Å². The third-order valence-corrected chi connectivity index (χ3v) is 2.66. The van der Waals surface area contributed by atoms with E-state index in [1.54, 1.807) is 18.2 Å². The summed E-state index contributed by atoms with van der Waals surface area (Å²) >= 11 is 0. The smallest absolute Gasteiger partial charge is 0.143 e. The zero-order valence-electron chi connectivity index (χ0n) is 11.3. The van der Waals surface area contributed by atoms with Gasteiger partial charge >= 0.3 is 0 Å². The average molecular weight is 266 g/mol. The number of carbonyl (C=O) groups excluding carboxylic acids is 2. The summed E-state index contributed by atoms with van der Waals surface area (Å²) in [5.41, 5.74) is 0.471. The van der Waals surface area contributed by atoms with Crippen molar-refractivity contribution >= 4 is 11.6 Å². The molecule has 0 aliphatic carbocycles. The van der Waals surface area contributed by atoms with E-state index in [4.69, 9.17) is 9.47 Å². The predicted molar refractivity (Wildman–Crippen MR) is 69.4 cm³/mol. The van der Waals surface area contributed by atoms with E-state index in [0.29, 0.717) is 17.1 Å².